The van der Waals surface area contributed by atoms with Crippen molar-refractivity contribution in [2.45, 2.75) is 12.1 Å². The summed E-state index contributed by atoms with van der Waals surface area (Å²) in [7, 11) is -3.28. The summed E-state index contributed by atoms with van der Waals surface area (Å²) in [6.07, 6.45) is 1.42. The van der Waals surface area contributed by atoms with Gasteiger partial charge in [-0.25, -0.2) is 4.79 Å². The molecule has 2 amide bonds. The molecule has 0 radical (unpaired) electrons. The lowest BCUT2D eigenvalue weighted by molar-refractivity contribution is -0.0316. The van der Waals surface area contributed by atoms with Gasteiger partial charge in [0.15, 0.2) is 5.84 Å². The molecule has 3 rings (SSSR count). The van der Waals surface area contributed by atoms with Gasteiger partial charge in [0.05, 0.1) is 18.4 Å². The van der Waals surface area contributed by atoms with Crippen molar-refractivity contribution in [3.63, 3.8) is 0 Å². The van der Waals surface area contributed by atoms with Crippen LogP contribution in [0.3, 0.4) is 0 Å². The molecule has 1 aromatic heterocycles. The molecular formula is C9H12N6O6S. The van der Waals surface area contributed by atoms with Gasteiger partial charge in [0.25, 0.3) is 0 Å². The van der Waals surface area contributed by atoms with E-state index in [-0.39, 0.29) is 12.4 Å². The Morgan fingerprint density at radius 1 is 1.59 bits per heavy atom. The zero-order chi connectivity index (χ0) is 16.2. The first kappa shape index (κ1) is 14.6. The third-order valence-electron chi connectivity index (χ3n) is 3.60. The lowest BCUT2D eigenvalue weighted by atomic mass is 9.97. The molecule has 1 aromatic rings. The highest BCUT2D eigenvalue weighted by Gasteiger charge is 2.52. The molecule has 2 unspecified atom stereocenters. The molecule has 0 aromatic carbocycles. The Morgan fingerprint density at radius 3 is 2.86 bits per heavy atom. The van der Waals surface area contributed by atoms with Gasteiger partial charge in [-0.15, -0.1) is 4.28 Å². The molecule has 4 N–H and O–H groups in total. The van der Waals surface area contributed by atoms with Crippen LogP contribution in [0.25, 0.3) is 0 Å². The number of hydroxylamine groups is 2. The molecule has 13 heteroatoms. The van der Waals surface area contributed by atoms with Crippen LogP contribution in [0.4, 0.5) is 4.79 Å². The Labute approximate surface area is 124 Å². The Balaban J connectivity index is 2.13. The normalized spacial score (nSPS) is 24.8. The first-order chi connectivity index (χ1) is 10.2. The van der Waals surface area contributed by atoms with E-state index in [9.17, 15) is 13.2 Å². The fourth-order valence-electron chi connectivity index (χ4n) is 2.78. The number of fused-ring (bicyclic) bond motifs is 4. The number of amidine groups is 1. The van der Waals surface area contributed by atoms with Crippen LogP contribution >= 0.6 is 0 Å². The van der Waals surface area contributed by atoms with Crippen LogP contribution in [0, 0.1) is 0 Å². The second-order valence-electron chi connectivity index (χ2n) is 4.81. The molecule has 2 atom stereocenters. The van der Waals surface area contributed by atoms with Crippen LogP contribution in [-0.4, -0.2) is 56.3 Å². The highest BCUT2D eigenvalue weighted by atomic mass is 32.3. The van der Waals surface area contributed by atoms with Gasteiger partial charge in [0, 0.05) is 12.6 Å². The molecule has 2 aliphatic heterocycles. The average molecular weight is 332 g/mol. The van der Waals surface area contributed by atoms with Crippen LogP contribution in [0.15, 0.2) is 11.4 Å². The van der Waals surface area contributed by atoms with E-state index in [2.05, 4.69) is 14.5 Å². The predicted molar refractivity (Wildman–Crippen MR) is 68.7 cm³/mol. The van der Waals surface area contributed by atoms with Gasteiger partial charge < -0.3 is 15.8 Å². The van der Waals surface area contributed by atoms with Gasteiger partial charge in [0.1, 0.15) is 12.1 Å². The van der Waals surface area contributed by atoms with Crippen LogP contribution in [0.5, 0.6) is 0 Å². The summed E-state index contributed by atoms with van der Waals surface area (Å²) >= 11 is 0. The van der Waals surface area contributed by atoms with Crippen molar-refractivity contribution in [3.05, 3.63) is 17.5 Å². The number of urea groups is 1. The maximum absolute atomic E-state index is 12.3. The number of oxime groups is 1. The highest BCUT2D eigenvalue weighted by molar-refractivity contribution is 7.80. The molecule has 120 valence electrons. The zero-order valence-electron chi connectivity index (χ0n) is 11.2. The Morgan fingerprint density at radius 2 is 2.27 bits per heavy atom. The maximum atomic E-state index is 12.3. The van der Waals surface area contributed by atoms with Gasteiger partial charge in [-0.3, -0.25) is 9.23 Å². The number of aromatic nitrogens is 2. The summed E-state index contributed by atoms with van der Waals surface area (Å²) in [6, 6.07) is -2.55. The van der Waals surface area contributed by atoms with Crippen molar-refractivity contribution in [1.82, 2.24) is 19.7 Å². The lowest BCUT2D eigenvalue weighted by Crippen LogP contribution is -2.42. The van der Waals surface area contributed by atoms with Gasteiger partial charge in [-0.05, 0) is 0 Å². The first-order valence-corrected chi connectivity index (χ1v) is 7.37. The molecule has 2 aliphatic rings. The largest absolute Gasteiger partial charge is 0.418 e. The van der Waals surface area contributed by atoms with E-state index in [0.29, 0.717) is 16.3 Å². The van der Waals surface area contributed by atoms with E-state index in [0.717, 1.165) is 4.90 Å². The van der Waals surface area contributed by atoms with Crippen molar-refractivity contribution < 1.29 is 27.3 Å². The lowest BCUT2D eigenvalue weighted by Gasteiger charge is -2.29. The average Bonchev–Trinajstić information content (AvgIpc) is 2.93. The van der Waals surface area contributed by atoms with Crippen molar-refractivity contribution in [2.75, 3.05) is 6.54 Å². The van der Waals surface area contributed by atoms with Crippen molar-refractivity contribution in [1.29, 1.82) is 0 Å². The maximum Gasteiger partial charge on any atom is 0.418 e. The fourth-order valence-corrected chi connectivity index (χ4v) is 3.15. The van der Waals surface area contributed by atoms with Gasteiger partial charge >= 0.3 is 16.4 Å². The summed E-state index contributed by atoms with van der Waals surface area (Å²) in [6.45, 7) is 0.0356. The monoisotopic (exact) mass is 332 g/mol. The van der Waals surface area contributed by atoms with E-state index in [1.165, 1.54) is 10.9 Å². The van der Waals surface area contributed by atoms with Crippen molar-refractivity contribution in [3.8, 4) is 0 Å². The van der Waals surface area contributed by atoms with E-state index < -0.39 is 28.5 Å². The summed E-state index contributed by atoms with van der Waals surface area (Å²) in [4.78, 5) is 13.5. The Bertz CT molecular complexity index is 772. The molecule has 0 saturated carbocycles. The van der Waals surface area contributed by atoms with E-state index >= 15 is 0 Å². The summed E-state index contributed by atoms with van der Waals surface area (Å²) in [5, 5.41) is 16.4. The Hall–Kier alpha value is -2.38. The molecule has 22 heavy (non-hydrogen) atoms. The second kappa shape index (κ2) is 4.56. The molecule has 1 fully saturated rings. The number of amides is 2. The molecule has 0 spiro atoms. The molecule has 1 saturated heterocycles. The summed E-state index contributed by atoms with van der Waals surface area (Å²) in [5.74, 6) is -0.259. The highest BCUT2D eigenvalue weighted by Crippen LogP contribution is 2.43. The molecule has 12 nitrogen and oxygen atoms in total. The summed E-state index contributed by atoms with van der Waals surface area (Å²) < 4.78 is 36.4. The van der Waals surface area contributed by atoms with Crippen molar-refractivity contribution in [2.24, 2.45) is 17.9 Å². The number of rotatable bonds is 3. The molecule has 2 bridgehead atoms. The van der Waals surface area contributed by atoms with Crippen LogP contribution < -0.4 is 5.73 Å². The number of nitrogens with two attached hydrogens (primary N) is 1. The summed E-state index contributed by atoms with van der Waals surface area (Å²) in [5.41, 5.74) is 6.58. The third-order valence-corrected chi connectivity index (χ3v) is 3.95. The molecular weight excluding hydrogens is 320 g/mol. The Kier molecular flexibility index (Phi) is 3.01. The number of carbonyl (C=O) groups is 1. The number of carbonyl (C=O) groups excluding carboxylic acids is 1. The predicted octanol–water partition coefficient (Wildman–Crippen LogP) is -1.27. The smallest absolute Gasteiger partial charge is 0.409 e. The van der Waals surface area contributed by atoms with Crippen LogP contribution in [-0.2, 0) is 21.7 Å². The topological polar surface area (TPSA) is 164 Å². The number of hydrogen-bond acceptors (Lipinski definition) is 7. The molecule has 0 aliphatic carbocycles. The zero-order valence-corrected chi connectivity index (χ0v) is 12.0. The fraction of sp³-hybridized carbons (Fsp3) is 0.444. The minimum absolute atomic E-state index is 0.0356. The third kappa shape index (κ3) is 1.98. The van der Waals surface area contributed by atoms with Crippen molar-refractivity contribution >= 4 is 22.3 Å². The standard InChI is InChI=1S/C9H12N6O6S/c1-13-6-4(2-11-13)5-3-14(7(6)8(10)12-17)9(16)15(5)21-22(18,19)20/h2,5,7,17H,3H2,1H3,(H2,10,12)(H,18,19,20). The minimum Gasteiger partial charge on any atom is -0.409 e. The second-order valence-corrected chi connectivity index (χ2v) is 5.82. The van der Waals surface area contributed by atoms with Gasteiger partial charge in [-0.2, -0.15) is 18.6 Å². The number of nitrogens with zero attached hydrogens (tertiary/aromatic N) is 5. The first-order valence-electron chi connectivity index (χ1n) is 6.00. The minimum atomic E-state index is -4.88. The number of hydrogen-bond donors (Lipinski definition) is 3. The van der Waals surface area contributed by atoms with E-state index in [4.69, 9.17) is 15.5 Å². The SMILES string of the molecule is Cn1ncc2c1C(/C(N)=N/O)N1CC2N(OS(=O)(=O)O)C1=O. The van der Waals surface area contributed by atoms with E-state index in [1.807, 2.05) is 0 Å². The van der Waals surface area contributed by atoms with E-state index in [1.54, 1.807) is 7.05 Å². The molecule has 3 heterocycles. The number of aryl methyl sites for hydroxylation is 1. The van der Waals surface area contributed by atoms with Crippen LogP contribution in [0.1, 0.15) is 23.3 Å². The van der Waals surface area contributed by atoms with Gasteiger partial charge in [0.2, 0.25) is 0 Å². The van der Waals surface area contributed by atoms with Crippen LogP contribution in [0.2, 0.25) is 0 Å². The van der Waals surface area contributed by atoms with Gasteiger partial charge in [-0.1, -0.05) is 5.16 Å². The quantitative estimate of drug-likeness (QED) is 0.203.